The number of ether oxygens (including phenoxy) is 1. The van der Waals surface area contributed by atoms with Crippen LogP contribution in [-0.2, 0) is 14.3 Å². The Bertz CT molecular complexity index is 731. The molecule has 0 aliphatic carbocycles. The summed E-state index contributed by atoms with van der Waals surface area (Å²) < 4.78 is 4.78. The molecule has 1 fully saturated rings. The molecule has 130 valence electrons. The van der Waals surface area contributed by atoms with Gasteiger partial charge >= 0.3 is 0 Å². The summed E-state index contributed by atoms with van der Waals surface area (Å²) in [4.78, 5) is 25.9. The summed E-state index contributed by atoms with van der Waals surface area (Å²) in [6, 6.07) is 16.7. The number of hydrogen-bond acceptors (Lipinski definition) is 4. The minimum absolute atomic E-state index is 0.0197. The lowest BCUT2D eigenvalue weighted by atomic mass is 10.2. The van der Waals surface area contributed by atoms with Crippen LogP contribution in [0.2, 0.25) is 0 Å². The van der Waals surface area contributed by atoms with E-state index in [-0.39, 0.29) is 24.5 Å². The van der Waals surface area contributed by atoms with Crippen LogP contribution in [0.15, 0.2) is 54.6 Å². The maximum absolute atomic E-state index is 12.6. The Hall–Kier alpha value is -2.86. The van der Waals surface area contributed by atoms with Gasteiger partial charge in [-0.05, 0) is 42.8 Å². The Balaban J connectivity index is 1.59. The van der Waals surface area contributed by atoms with Crippen molar-refractivity contribution in [3.63, 3.8) is 0 Å². The van der Waals surface area contributed by atoms with Crippen molar-refractivity contribution in [3.8, 4) is 0 Å². The highest BCUT2D eigenvalue weighted by Gasteiger charge is 2.32. The molecule has 0 bridgehead atoms. The van der Waals surface area contributed by atoms with Gasteiger partial charge in [0.15, 0.2) is 0 Å². The smallest absolute Gasteiger partial charge is 0.250 e. The monoisotopic (exact) mass is 339 g/mol. The number of carbonyl (C=O) groups is 2. The van der Waals surface area contributed by atoms with E-state index in [1.54, 1.807) is 17.0 Å². The number of anilines is 3. The molecule has 2 amide bonds. The fourth-order valence-corrected chi connectivity index (χ4v) is 2.86. The Morgan fingerprint density at radius 3 is 2.48 bits per heavy atom. The first kappa shape index (κ1) is 17.0. The molecule has 1 aliphatic heterocycles. The van der Waals surface area contributed by atoms with Gasteiger partial charge in [0, 0.05) is 30.7 Å². The van der Waals surface area contributed by atoms with E-state index >= 15 is 0 Å². The van der Waals surface area contributed by atoms with Crippen molar-refractivity contribution in [2.24, 2.45) is 0 Å². The first-order valence-electron chi connectivity index (χ1n) is 8.19. The second-order valence-corrected chi connectivity index (χ2v) is 5.87. The number of rotatable bonds is 6. The number of carbonyl (C=O) groups excluding carboxylic acids is 2. The van der Waals surface area contributed by atoms with Gasteiger partial charge in [0.05, 0.1) is 0 Å². The van der Waals surface area contributed by atoms with Crippen LogP contribution in [0, 0.1) is 0 Å². The van der Waals surface area contributed by atoms with Crippen molar-refractivity contribution < 1.29 is 14.3 Å². The highest BCUT2D eigenvalue weighted by atomic mass is 16.5. The summed E-state index contributed by atoms with van der Waals surface area (Å²) in [5.74, 6) is -0.128. The van der Waals surface area contributed by atoms with Crippen molar-refractivity contribution >= 4 is 28.9 Å². The minimum Gasteiger partial charge on any atom is -0.375 e. The summed E-state index contributed by atoms with van der Waals surface area (Å²) in [6.45, 7) is 0.720. The van der Waals surface area contributed by atoms with E-state index in [4.69, 9.17) is 4.74 Å². The predicted molar refractivity (Wildman–Crippen MR) is 97.8 cm³/mol. The molecule has 0 saturated carbocycles. The number of benzene rings is 2. The molecule has 6 nitrogen and oxygen atoms in total. The Morgan fingerprint density at radius 1 is 1.12 bits per heavy atom. The normalized spacial score (nSPS) is 16.8. The van der Waals surface area contributed by atoms with Crippen LogP contribution in [0.1, 0.15) is 6.42 Å². The fraction of sp³-hybridized carbons (Fsp3) is 0.263. The molecule has 1 aliphatic rings. The van der Waals surface area contributed by atoms with E-state index in [1.807, 2.05) is 42.5 Å². The third-order valence-electron chi connectivity index (χ3n) is 4.06. The maximum Gasteiger partial charge on any atom is 0.250 e. The van der Waals surface area contributed by atoms with Crippen LogP contribution < -0.4 is 15.5 Å². The summed E-state index contributed by atoms with van der Waals surface area (Å²) in [5.41, 5.74) is 2.46. The Kier molecular flexibility index (Phi) is 5.30. The predicted octanol–water partition coefficient (Wildman–Crippen LogP) is 2.49. The van der Waals surface area contributed by atoms with Crippen molar-refractivity contribution in [1.82, 2.24) is 0 Å². The zero-order valence-corrected chi connectivity index (χ0v) is 14.1. The molecule has 2 aromatic rings. The largest absolute Gasteiger partial charge is 0.375 e. The molecule has 1 atom stereocenters. The highest BCUT2D eigenvalue weighted by Crippen LogP contribution is 2.24. The second kappa shape index (κ2) is 7.81. The highest BCUT2D eigenvalue weighted by molar-refractivity contribution is 6.01. The number of para-hydroxylation sites is 1. The van der Waals surface area contributed by atoms with E-state index in [1.165, 1.54) is 7.11 Å². The molecule has 0 spiro atoms. The molecule has 2 aromatic carbocycles. The lowest BCUT2D eigenvalue weighted by molar-refractivity contribution is -0.119. The Labute approximate surface area is 146 Å². The molecule has 2 N–H and O–H groups in total. The van der Waals surface area contributed by atoms with E-state index in [9.17, 15) is 9.59 Å². The van der Waals surface area contributed by atoms with E-state index in [2.05, 4.69) is 10.6 Å². The fourth-order valence-electron chi connectivity index (χ4n) is 2.86. The average Bonchev–Trinajstić information content (AvgIpc) is 2.98. The van der Waals surface area contributed by atoms with Crippen LogP contribution in [0.5, 0.6) is 0 Å². The molecule has 0 aromatic heterocycles. The van der Waals surface area contributed by atoms with Crippen molar-refractivity contribution in [2.45, 2.75) is 12.5 Å². The van der Waals surface area contributed by atoms with Crippen LogP contribution in [0.4, 0.5) is 17.1 Å². The summed E-state index contributed by atoms with van der Waals surface area (Å²) in [6.07, 6.45) is 0.750. The SMILES string of the molecule is COCC(=O)Nc1ccc(N[C@@H]2CCN(c3ccccc3)C2=O)cc1. The van der Waals surface area contributed by atoms with Gasteiger partial charge in [-0.25, -0.2) is 0 Å². The first-order chi connectivity index (χ1) is 12.2. The van der Waals surface area contributed by atoms with E-state index < -0.39 is 0 Å². The Morgan fingerprint density at radius 2 is 1.80 bits per heavy atom. The standard InChI is InChI=1S/C19H21N3O3/c1-25-13-18(23)21-15-9-7-14(8-10-15)20-17-11-12-22(19(17)24)16-5-3-2-4-6-16/h2-10,17,20H,11-13H2,1H3,(H,21,23)/t17-/m1/s1. The first-order valence-corrected chi connectivity index (χ1v) is 8.19. The maximum atomic E-state index is 12.6. The second-order valence-electron chi connectivity index (χ2n) is 5.87. The van der Waals surface area contributed by atoms with Crippen molar-refractivity contribution in [2.75, 3.05) is 35.8 Å². The van der Waals surface area contributed by atoms with Gasteiger partial charge in [0.2, 0.25) is 11.8 Å². The molecule has 0 unspecified atom stereocenters. The van der Waals surface area contributed by atoms with Crippen molar-refractivity contribution in [1.29, 1.82) is 0 Å². The van der Waals surface area contributed by atoms with Gasteiger partial charge < -0.3 is 20.3 Å². The van der Waals surface area contributed by atoms with Crippen LogP contribution >= 0.6 is 0 Å². The number of amides is 2. The quantitative estimate of drug-likeness (QED) is 0.848. The molecular formula is C19H21N3O3. The van der Waals surface area contributed by atoms with Crippen LogP contribution in [0.3, 0.4) is 0 Å². The third kappa shape index (κ3) is 4.16. The van der Waals surface area contributed by atoms with Gasteiger partial charge in [-0.3, -0.25) is 9.59 Å². The molecule has 25 heavy (non-hydrogen) atoms. The van der Waals surface area contributed by atoms with Crippen LogP contribution in [0.25, 0.3) is 0 Å². The number of methoxy groups -OCH3 is 1. The summed E-state index contributed by atoms with van der Waals surface area (Å²) in [7, 11) is 1.48. The van der Waals surface area contributed by atoms with Gasteiger partial charge in [-0.2, -0.15) is 0 Å². The van der Waals surface area contributed by atoms with E-state index in [0.717, 1.165) is 17.8 Å². The van der Waals surface area contributed by atoms with Gasteiger partial charge in [-0.1, -0.05) is 18.2 Å². The van der Waals surface area contributed by atoms with Gasteiger partial charge in [0.1, 0.15) is 12.6 Å². The van der Waals surface area contributed by atoms with Gasteiger partial charge in [-0.15, -0.1) is 0 Å². The summed E-state index contributed by atoms with van der Waals surface area (Å²) >= 11 is 0. The molecular weight excluding hydrogens is 318 g/mol. The van der Waals surface area contributed by atoms with Gasteiger partial charge in [0.25, 0.3) is 0 Å². The zero-order valence-electron chi connectivity index (χ0n) is 14.1. The molecule has 0 radical (unpaired) electrons. The molecule has 6 heteroatoms. The number of nitrogens with one attached hydrogen (secondary N) is 2. The van der Waals surface area contributed by atoms with Crippen LogP contribution in [-0.4, -0.2) is 38.1 Å². The topological polar surface area (TPSA) is 70.7 Å². The lowest BCUT2D eigenvalue weighted by Gasteiger charge is -2.17. The third-order valence-corrected chi connectivity index (χ3v) is 4.06. The van der Waals surface area contributed by atoms with E-state index in [0.29, 0.717) is 12.2 Å². The summed E-state index contributed by atoms with van der Waals surface area (Å²) in [5, 5.41) is 6.00. The van der Waals surface area contributed by atoms with Crippen molar-refractivity contribution in [3.05, 3.63) is 54.6 Å². The molecule has 3 rings (SSSR count). The molecule has 1 heterocycles. The number of nitrogens with zero attached hydrogens (tertiary/aromatic N) is 1. The lowest BCUT2D eigenvalue weighted by Crippen LogP contribution is -2.33. The number of hydrogen-bond donors (Lipinski definition) is 2. The average molecular weight is 339 g/mol. The minimum atomic E-state index is -0.242. The molecule has 1 saturated heterocycles. The zero-order chi connectivity index (χ0) is 17.6.